The smallest absolute Gasteiger partial charge is 0.342 e. The normalized spacial score (nSPS) is 10.6. The van der Waals surface area contributed by atoms with Gasteiger partial charge in [-0.05, 0) is 12.2 Å². The Labute approximate surface area is 82.8 Å². The van der Waals surface area contributed by atoms with Gasteiger partial charge in [0.15, 0.2) is 10.6 Å². The van der Waals surface area contributed by atoms with E-state index in [1.54, 1.807) is 0 Å². The largest absolute Gasteiger partial charge is 0.343 e. The third-order valence-electron chi connectivity index (χ3n) is 1.73. The molecule has 0 fully saturated rings. The first-order valence-corrected chi connectivity index (χ1v) is 4.31. The average Bonchev–Trinajstić information content (AvgIpc) is 2.76. The van der Waals surface area contributed by atoms with Crippen molar-refractivity contribution in [3.05, 3.63) is 27.5 Å². The zero-order valence-corrected chi connectivity index (χ0v) is 7.87. The van der Waals surface area contributed by atoms with Crippen molar-refractivity contribution < 1.29 is 4.52 Å². The Bertz CT molecular complexity index is 479. The number of hydrogen-bond acceptors (Lipinski definition) is 5. The summed E-state index contributed by atoms with van der Waals surface area (Å²) in [5, 5.41) is 8.54. The molecule has 0 amide bonds. The van der Waals surface area contributed by atoms with Crippen molar-refractivity contribution in [1.29, 1.82) is 0 Å². The van der Waals surface area contributed by atoms with Crippen LogP contribution >= 0.6 is 12.2 Å². The summed E-state index contributed by atoms with van der Waals surface area (Å²) in [4.78, 5) is 15.0. The Kier molecular flexibility index (Phi) is 2.27. The van der Waals surface area contributed by atoms with Crippen LogP contribution in [0.1, 0.15) is 5.82 Å². The molecule has 7 nitrogen and oxygen atoms in total. The number of nitrogens with zero attached hydrogens (tertiary/aromatic N) is 3. The first-order chi connectivity index (χ1) is 6.77. The molecule has 2 aromatic rings. The molecule has 0 atom stereocenters. The molecule has 2 heterocycles. The van der Waals surface area contributed by atoms with E-state index in [0.717, 1.165) is 0 Å². The van der Waals surface area contributed by atoms with Gasteiger partial charge in [0, 0.05) is 13.0 Å². The van der Waals surface area contributed by atoms with Gasteiger partial charge in [0.2, 0.25) is 6.39 Å². The molecule has 0 spiro atoms. The van der Waals surface area contributed by atoms with Gasteiger partial charge in [0.05, 0.1) is 0 Å². The van der Waals surface area contributed by atoms with Crippen molar-refractivity contribution >= 4 is 12.2 Å². The van der Waals surface area contributed by atoms with Crippen LogP contribution in [0.15, 0.2) is 15.7 Å². The Balaban J connectivity index is 2.13. The Morgan fingerprint density at radius 1 is 1.57 bits per heavy atom. The third kappa shape index (κ3) is 1.64. The van der Waals surface area contributed by atoms with Gasteiger partial charge in [-0.3, -0.25) is 9.67 Å². The van der Waals surface area contributed by atoms with Crippen molar-refractivity contribution in [3.8, 4) is 0 Å². The monoisotopic (exact) mass is 213 g/mol. The number of H-pyrrole nitrogens is 2. The van der Waals surface area contributed by atoms with Crippen molar-refractivity contribution in [2.45, 2.75) is 13.0 Å². The maximum Gasteiger partial charge on any atom is 0.342 e. The molecule has 14 heavy (non-hydrogen) atoms. The minimum Gasteiger partial charge on any atom is -0.343 e. The van der Waals surface area contributed by atoms with E-state index in [4.69, 9.17) is 12.2 Å². The topological polar surface area (TPSA) is 92.5 Å². The summed E-state index contributed by atoms with van der Waals surface area (Å²) in [5.41, 5.74) is -0.265. The SMILES string of the molecule is O=c1[nH][nH]c(=S)n1CCc1ncon1. The van der Waals surface area contributed by atoms with Crippen LogP contribution in [0, 0.1) is 4.77 Å². The van der Waals surface area contributed by atoms with E-state index in [-0.39, 0.29) is 5.69 Å². The summed E-state index contributed by atoms with van der Waals surface area (Å²) in [6.45, 7) is 0.428. The molecule has 0 aliphatic heterocycles. The molecule has 0 saturated heterocycles. The lowest BCUT2D eigenvalue weighted by Crippen LogP contribution is -2.18. The average molecular weight is 213 g/mol. The lowest BCUT2D eigenvalue weighted by atomic mass is 10.4. The highest BCUT2D eigenvalue weighted by molar-refractivity contribution is 7.71. The zero-order valence-electron chi connectivity index (χ0n) is 7.06. The van der Waals surface area contributed by atoms with Crippen LogP contribution in [0.2, 0.25) is 0 Å². The fourth-order valence-corrected chi connectivity index (χ4v) is 1.28. The molecular formula is C6H7N5O2S. The second-order valence-electron chi connectivity index (χ2n) is 2.61. The minimum atomic E-state index is -0.265. The molecule has 2 N–H and O–H groups in total. The second kappa shape index (κ2) is 3.58. The van der Waals surface area contributed by atoms with Gasteiger partial charge >= 0.3 is 5.69 Å². The Morgan fingerprint density at radius 2 is 2.43 bits per heavy atom. The summed E-state index contributed by atoms with van der Waals surface area (Å²) in [5.74, 6) is 0.549. The predicted molar refractivity (Wildman–Crippen MR) is 48.2 cm³/mol. The molecule has 74 valence electrons. The number of aromatic amines is 2. The van der Waals surface area contributed by atoms with Crippen LogP contribution in [0.3, 0.4) is 0 Å². The summed E-state index contributed by atoms with van der Waals surface area (Å²) in [7, 11) is 0. The summed E-state index contributed by atoms with van der Waals surface area (Å²) in [6, 6.07) is 0. The van der Waals surface area contributed by atoms with Crippen LogP contribution in [0.5, 0.6) is 0 Å². The van der Waals surface area contributed by atoms with Gasteiger partial charge in [-0.25, -0.2) is 9.89 Å². The van der Waals surface area contributed by atoms with E-state index < -0.39 is 0 Å². The molecule has 0 unspecified atom stereocenters. The van der Waals surface area contributed by atoms with Crippen LogP contribution in [-0.2, 0) is 13.0 Å². The molecule has 0 saturated carbocycles. The second-order valence-corrected chi connectivity index (χ2v) is 3.00. The van der Waals surface area contributed by atoms with Gasteiger partial charge in [0.25, 0.3) is 0 Å². The molecule has 0 aliphatic rings. The maximum atomic E-state index is 11.1. The minimum absolute atomic E-state index is 0.265. The van der Waals surface area contributed by atoms with Crippen molar-refractivity contribution in [1.82, 2.24) is 24.9 Å². The number of nitrogens with one attached hydrogen (secondary N) is 2. The first-order valence-electron chi connectivity index (χ1n) is 3.90. The summed E-state index contributed by atoms with van der Waals surface area (Å²) in [6.07, 6.45) is 1.75. The molecule has 0 aromatic carbocycles. The highest BCUT2D eigenvalue weighted by Crippen LogP contribution is 1.92. The summed E-state index contributed by atoms with van der Waals surface area (Å²) >= 11 is 4.88. The lowest BCUT2D eigenvalue weighted by Gasteiger charge is -1.94. The van der Waals surface area contributed by atoms with Crippen LogP contribution in [0.25, 0.3) is 0 Å². The van der Waals surface area contributed by atoms with Gasteiger partial charge < -0.3 is 4.52 Å². The van der Waals surface area contributed by atoms with E-state index >= 15 is 0 Å². The predicted octanol–water partition coefficient (Wildman–Crippen LogP) is -0.140. The highest BCUT2D eigenvalue weighted by atomic mass is 32.1. The van der Waals surface area contributed by atoms with E-state index in [1.807, 2.05) is 0 Å². The molecule has 0 bridgehead atoms. The molecule has 8 heteroatoms. The maximum absolute atomic E-state index is 11.1. The molecule has 0 radical (unpaired) electrons. The number of aromatic nitrogens is 5. The van der Waals surface area contributed by atoms with Gasteiger partial charge in [-0.1, -0.05) is 5.16 Å². The van der Waals surface area contributed by atoms with E-state index in [1.165, 1.54) is 11.0 Å². The number of aryl methyl sites for hydroxylation is 1. The van der Waals surface area contributed by atoms with E-state index in [2.05, 4.69) is 24.9 Å². The van der Waals surface area contributed by atoms with Gasteiger partial charge in [-0.2, -0.15) is 4.98 Å². The van der Waals surface area contributed by atoms with E-state index in [9.17, 15) is 4.79 Å². The van der Waals surface area contributed by atoms with Crippen LogP contribution in [0.4, 0.5) is 0 Å². The molecular weight excluding hydrogens is 206 g/mol. The van der Waals surface area contributed by atoms with Gasteiger partial charge in [-0.15, -0.1) is 0 Å². The van der Waals surface area contributed by atoms with Crippen LogP contribution in [-0.4, -0.2) is 24.9 Å². The Hall–Kier alpha value is -1.70. The molecule has 2 rings (SSSR count). The number of rotatable bonds is 3. The van der Waals surface area contributed by atoms with Crippen molar-refractivity contribution in [2.24, 2.45) is 0 Å². The number of hydrogen-bond donors (Lipinski definition) is 2. The highest BCUT2D eigenvalue weighted by Gasteiger charge is 2.02. The first kappa shape index (κ1) is 8.88. The van der Waals surface area contributed by atoms with Gasteiger partial charge in [0.1, 0.15) is 0 Å². The summed E-state index contributed by atoms with van der Waals surface area (Å²) < 4.78 is 6.31. The molecule has 2 aromatic heterocycles. The van der Waals surface area contributed by atoms with Crippen molar-refractivity contribution in [2.75, 3.05) is 0 Å². The van der Waals surface area contributed by atoms with Crippen molar-refractivity contribution in [3.63, 3.8) is 0 Å². The quantitative estimate of drug-likeness (QED) is 0.692. The van der Waals surface area contributed by atoms with Crippen LogP contribution < -0.4 is 5.69 Å². The fourth-order valence-electron chi connectivity index (χ4n) is 1.05. The zero-order chi connectivity index (χ0) is 9.97. The Morgan fingerprint density at radius 3 is 3.00 bits per heavy atom. The van der Waals surface area contributed by atoms with E-state index in [0.29, 0.717) is 23.6 Å². The third-order valence-corrected chi connectivity index (χ3v) is 2.06. The standard InChI is InChI=1S/C6H7N5O2S/c12-5-8-9-6(14)11(5)2-1-4-7-3-13-10-4/h3H,1-2H2,(H,8,12)(H,9,14). The fraction of sp³-hybridized carbons (Fsp3) is 0.333. The lowest BCUT2D eigenvalue weighted by molar-refractivity contribution is 0.408. The molecule has 0 aliphatic carbocycles.